The number of carbonyl (C=O) groups is 1. The molecule has 2 N–H and O–H groups in total. The van der Waals surface area contributed by atoms with Gasteiger partial charge < -0.3 is 10.4 Å². The maximum atomic E-state index is 11.9. The van der Waals surface area contributed by atoms with Crippen LogP contribution in [0.2, 0.25) is 0 Å². The van der Waals surface area contributed by atoms with E-state index >= 15 is 0 Å². The lowest BCUT2D eigenvalue weighted by Crippen LogP contribution is -2.43. The van der Waals surface area contributed by atoms with Crippen molar-refractivity contribution in [3.05, 3.63) is 39.9 Å². The SMILES string of the molecule is CC(C)C(O)C(C)(C)CNC(=O)Cc1ccc([N+](=O)[O-])cc1. The molecule has 1 atom stereocenters. The van der Waals surface area contributed by atoms with Crippen molar-refractivity contribution in [3.63, 3.8) is 0 Å². The first-order valence-corrected chi connectivity index (χ1v) is 7.31. The summed E-state index contributed by atoms with van der Waals surface area (Å²) in [6.07, 6.45) is -0.349. The van der Waals surface area contributed by atoms with Gasteiger partial charge in [-0.15, -0.1) is 0 Å². The van der Waals surface area contributed by atoms with Crippen molar-refractivity contribution in [2.45, 2.75) is 40.2 Å². The first-order chi connectivity index (χ1) is 10.1. The average molecular weight is 308 g/mol. The Morgan fingerprint density at radius 1 is 1.32 bits per heavy atom. The van der Waals surface area contributed by atoms with Crippen LogP contribution in [0.1, 0.15) is 33.3 Å². The number of nitro benzene ring substituents is 1. The van der Waals surface area contributed by atoms with Gasteiger partial charge >= 0.3 is 0 Å². The molecule has 1 aromatic carbocycles. The van der Waals surface area contributed by atoms with Gasteiger partial charge in [-0.3, -0.25) is 14.9 Å². The van der Waals surface area contributed by atoms with Crippen LogP contribution >= 0.6 is 0 Å². The number of nitrogens with one attached hydrogen (secondary N) is 1. The van der Waals surface area contributed by atoms with Crippen molar-refractivity contribution in [1.29, 1.82) is 0 Å². The summed E-state index contributed by atoms with van der Waals surface area (Å²) in [7, 11) is 0. The third-order valence-corrected chi connectivity index (χ3v) is 3.69. The third kappa shape index (κ3) is 5.11. The first kappa shape index (κ1) is 18.1. The lowest BCUT2D eigenvalue weighted by molar-refractivity contribution is -0.384. The van der Waals surface area contributed by atoms with Crippen molar-refractivity contribution in [2.24, 2.45) is 11.3 Å². The molecule has 0 spiro atoms. The van der Waals surface area contributed by atoms with Crippen LogP contribution in [0, 0.1) is 21.4 Å². The molecule has 1 unspecified atom stereocenters. The molecular weight excluding hydrogens is 284 g/mol. The van der Waals surface area contributed by atoms with E-state index in [4.69, 9.17) is 0 Å². The minimum absolute atomic E-state index is 0.00495. The van der Waals surface area contributed by atoms with Gasteiger partial charge in [-0.2, -0.15) is 0 Å². The number of hydrogen-bond donors (Lipinski definition) is 2. The topological polar surface area (TPSA) is 92.5 Å². The quantitative estimate of drug-likeness (QED) is 0.597. The van der Waals surface area contributed by atoms with E-state index in [1.165, 1.54) is 12.1 Å². The fourth-order valence-corrected chi connectivity index (χ4v) is 2.32. The highest BCUT2D eigenvalue weighted by molar-refractivity contribution is 5.78. The van der Waals surface area contributed by atoms with Crippen LogP contribution in [0.3, 0.4) is 0 Å². The minimum atomic E-state index is -0.507. The van der Waals surface area contributed by atoms with Gasteiger partial charge in [0, 0.05) is 24.1 Å². The lowest BCUT2D eigenvalue weighted by atomic mass is 9.80. The number of nitro groups is 1. The maximum absolute atomic E-state index is 11.9. The van der Waals surface area contributed by atoms with E-state index in [9.17, 15) is 20.0 Å². The first-order valence-electron chi connectivity index (χ1n) is 7.31. The summed E-state index contributed by atoms with van der Waals surface area (Å²) in [6.45, 7) is 8.06. The van der Waals surface area contributed by atoms with Crippen molar-refractivity contribution in [1.82, 2.24) is 5.32 Å². The smallest absolute Gasteiger partial charge is 0.269 e. The fraction of sp³-hybridized carbons (Fsp3) is 0.562. The summed E-state index contributed by atoms with van der Waals surface area (Å²) in [6, 6.07) is 5.92. The zero-order chi connectivity index (χ0) is 16.9. The summed E-state index contributed by atoms with van der Waals surface area (Å²) in [5, 5.41) is 23.5. The monoisotopic (exact) mass is 308 g/mol. The number of hydrogen-bond acceptors (Lipinski definition) is 4. The Balaban J connectivity index is 2.54. The van der Waals surface area contributed by atoms with Crippen molar-refractivity contribution in [3.8, 4) is 0 Å². The molecule has 0 aliphatic rings. The predicted octanol–water partition coefficient (Wildman–Crippen LogP) is 2.30. The van der Waals surface area contributed by atoms with Crippen LogP contribution < -0.4 is 5.32 Å². The molecule has 0 aliphatic heterocycles. The summed E-state index contributed by atoms with van der Waals surface area (Å²) >= 11 is 0. The second-order valence-electron chi connectivity index (χ2n) is 6.55. The molecule has 6 heteroatoms. The predicted molar refractivity (Wildman–Crippen MR) is 84.4 cm³/mol. The van der Waals surface area contributed by atoms with Gasteiger partial charge in [0.15, 0.2) is 0 Å². The minimum Gasteiger partial charge on any atom is -0.392 e. The largest absolute Gasteiger partial charge is 0.392 e. The number of aliphatic hydroxyl groups excluding tert-OH is 1. The molecular formula is C16H24N2O4. The summed E-state index contributed by atoms with van der Waals surface area (Å²) < 4.78 is 0. The molecule has 122 valence electrons. The van der Waals surface area contributed by atoms with Gasteiger partial charge in [-0.05, 0) is 11.5 Å². The number of non-ortho nitro benzene ring substituents is 1. The molecule has 0 aromatic heterocycles. The number of nitrogens with zero attached hydrogens (tertiary/aromatic N) is 1. The highest BCUT2D eigenvalue weighted by atomic mass is 16.6. The van der Waals surface area contributed by atoms with Crippen molar-refractivity contribution in [2.75, 3.05) is 6.54 Å². The van der Waals surface area contributed by atoms with E-state index in [2.05, 4.69) is 5.32 Å². The zero-order valence-electron chi connectivity index (χ0n) is 13.5. The highest BCUT2D eigenvalue weighted by Gasteiger charge is 2.30. The number of benzene rings is 1. The van der Waals surface area contributed by atoms with Gasteiger partial charge in [0.2, 0.25) is 5.91 Å². The number of carbonyl (C=O) groups excluding carboxylic acids is 1. The summed E-state index contributed by atoms with van der Waals surface area (Å²) in [5.41, 5.74) is 0.301. The fourth-order valence-electron chi connectivity index (χ4n) is 2.32. The standard InChI is InChI=1S/C16H24N2O4/c1-11(2)15(20)16(3,4)10-17-14(19)9-12-5-7-13(8-6-12)18(21)22/h5-8,11,15,20H,9-10H2,1-4H3,(H,17,19). The Bertz CT molecular complexity index is 523. The molecule has 1 aromatic rings. The molecule has 0 bridgehead atoms. The van der Waals surface area contributed by atoms with Crippen molar-refractivity contribution < 1.29 is 14.8 Å². The second kappa shape index (κ2) is 7.35. The van der Waals surface area contributed by atoms with Crippen LogP contribution in [-0.2, 0) is 11.2 Å². The maximum Gasteiger partial charge on any atom is 0.269 e. The molecule has 0 saturated carbocycles. The van der Waals surface area contributed by atoms with Gasteiger partial charge in [0.25, 0.3) is 5.69 Å². The lowest BCUT2D eigenvalue weighted by Gasteiger charge is -2.33. The Morgan fingerprint density at radius 2 is 1.86 bits per heavy atom. The Kier molecular flexibility index (Phi) is 6.05. The molecule has 0 radical (unpaired) electrons. The van der Waals surface area contributed by atoms with Crippen LogP contribution in [0.4, 0.5) is 5.69 Å². The zero-order valence-corrected chi connectivity index (χ0v) is 13.5. The van der Waals surface area contributed by atoms with Crippen LogP contribution in [0.5, 0.6) is 0 Å². The van der Waals surface area contributed by atoms with Gasteiger partial charge in [-0.1, -0.05) is 39.8 Å². The Hall–Kier alpha value is -1.95. The average Bonchev–Trinajstić information content (AvgIpc) is 2.45. The molecule has 1 amide bonds. The molecule has 0 saturated heterocycles. The molecule has 22 heavy (non-hydrogen) atoms. The summed E-state index contributed by atoms with van der Waals surface area (Å²) in [4.78, 5) is 22.0. The van der Waals surface area contributed by atoms with Crippen LogP contribution in [-0.4, -0.2) is 28.6 Å². The van der Waals surface area contributed by atoms with Gasteiger partial charge in [-0.25, -0.2) is 0 Å². The number of aliphatic hydroxyl groups is 1. The van der Waals surface area contributed by atoms with Crippen LogP contribution in [0.15, 0.2) is 24.3 Å². The molecule has 1 rings (SSSR count). The molecule has 0 fully saturated rings. The molecule has 0 heterocycles. The third-order valence-electron chi connectivity index (χ3n) is 3.69. The normalized spacial score (nSPS) is 13.0. The Labute approximate surface area is 130 Å². The van der Waals surface area contributed by atoms with E-state index in [-0.39, 0.29) is 23.9 Å². The second-order valence-corrected chi connectivity index (χ2v) is 6.55. The summed E-state index contributed by atoms with van der Waals surface area (Å²) in [5.74, 6) is -0.0561. The van der Waals surface area contributed by atoms with E-state index < -0.39 is 16.4 Å². The van der Waals surface area contributed by atoms with Gasteiger partial charge in [0.05, 0.1) is 17.4 Å². The highest BCUT2D eigenvalue weighted by Crippen LogP contribution is 2.25. The number of amides is 1. The number of rotatable bonds is 7. The van der Waals surface area contributed by atoms with E-state index in [1.54, 1.807) is 12.1 Å². The Morgan fingerprint density at radius 3 is 2.32 bits per heavy atom. The van der Waals surface area contributed by atoms with E-state index in [1.807, 2.05) is 27.7 Å². The van der Waals surface area contributed by atoms with E-state index in [0.717, 1.165) is 0 Å². The van der Waals surface area contributed by atoms with Gasteiger partial charge in [0.1, 0.15) is 0 Å². The van der Waals surface area contributed by atoms with E-state index in [0.29, 0.717) is 12.1 Å². The molecule has 6 nitrogen and oxygen atoms in total. The van der Waals surface area contributed by atoms with Crippen molar-refractivity contribution >= 4 is 11.6 Å². The van der Waals surface area contributed by atoms with Crippen LogP contribution in [0.25, 0.3) is 0 Å². The molecule has 0 aliphatic carbocycles.